The van der Waals surface area contributed by atoms with Crippen LogP contribution >= 0.6 is 0 Å². The van der Waals surface area contributed by atoms with Crippen molar-refractivity contribution in [3.63, 3.8) is 0 Å². The van der Waals surface area contributed by atoms with Gasteiger partial charge in [0.15, 0.2) is 0 Å². The van der Waals surface area contributed by atoms with E-state index in [4.69, 9.17) is 5.73 Å². The molecule has 1 aliphatic rings. The van der Waals surface area contributed by atoms with Crippen LogP contribution in [-0.2, 0) is 16.0 Å². The van der Waals surface area contributed by atoms with E-state index in [9.17, 15) is 4.79 Å². The van der Waals surface area contributed by atoms with Crippen molar-refractivity contribution in [2.45, 2.75) is 25.7 Å². The van der Waals surface area contributed by atoms with Crippen LogP contribution in [0, 0.1) is 0 Å². The van der Waals surface area contributed by atoms with E-state index in [0.717, 1.165) is 38.0 Å². The molecule has 1 aromatic carbocycles. The minimum absolute atomic E-state index is 0.135. The van der Waals surface area contributed by atoms with Gasteiger partial charge in [0.05, 0.1) is 7.11 Å². The van der Waals surface area contributed by atoms with E-state index in [-0.39, 0.29) is 5.97 Å². The van der Waals surface area contributed by atoms with Crippen LogP contribution in [0.1, 0.15) is 24.8 Å². The van der Waals surface area contributed by atoms with Crippen LogP contribution < -0.4 is 10.6 Å². The molecule has 0 atom stereocenters. The first-order valence-corrected chi connectivity index (χ1v) is 6.41. The molecule has 0 unspecified atom stereocenters. The van der Waals surface area contributed by atoms with E-state index >= 15 is 0 Å². The fraction of sp³-hybridized carbons (Fsp3) is 0.500. The van der Waals surface area contributed by atoms with Crippen LogP contribution in [0.4, 0.5) is 11.4 Å². The highest BCUT2D eigenvalue weighted by molar-refractivity contribution is 5.69. The number of nitrogens with two attached hydrogens (primary N) is 1. The minimum atomic E-state index is -0.135. The Morgan fingerprint density at radius 3 is 3.11 bits per heavy atom. The van der Waals surface area contributed by atoms with Crippen LogP contribution in [0.25, 0.3) is 0 Å². The summed E-state index contributed by atoms with van der Waals surface area (Å²) in [7, 11) is 1.43. The third-order valence-electron chi connectivity index (χ3n) is 3.35. The van der Waals surface area contributed by atoms with Crippen molar-refractivity contribution < 1.29 is 9.53 Å². The van der Waals surface area contributed by atoms with Crippen LogP contribution in [0.2, 0.25) is 0 Å². The molecule has 0 amide bonds. The lowest BCUT2D eigenvalue weighted by Crippen LogP contribution is -2.30. The number of benzene rings is 1. The minimum Gasteiger partial charge on any atom is -0.469 e. The third kappa shape index (κ3) is 2.94. The number of rotatable bonds is 4. The Morgan fingerprint density at radius 2 is 2.33 bits per heavy atom. The zero-order valence-corrected chi connectivity index (χ0v) is 10.8. The number of hydrogen-bond donors (Lipinski definition) is 1. The maximum Gasteiger partial charge on any atom is 0.305 e. The van der Waals surface area contributed by atoms with Gasteiger partial charge in [-0.3, -0.25) is 4.79 Å². The van der Waals surface area contributed by atoms with Crippen molar-refractivity contribution in [1.29, 1.82) is 0 Å². The van der Waals surface area contributed by atoms with E-state index in [2.05, 4.69) is 21.8 Å². The van der Waals surface area contributed by atoms with Crippen molar-refractivity contribution in [1.82, 2.24) is 0 Å². The molecule has 0 spiro atoms. The molecule has 0 bridgehead atoms. The lowest BCUT2D eigenvalue weighted by molar-refractivity contribution is -0.140. The average Bonchev–Trinajstić information content (AvgIpc) is 2.38. The maximum absolute atomic E-state index is 11.1. The second-order valence-electron chi connectivity index (χ2n) is 4.66. The Bertz CT molecular complexity index is 432. The number of fused-ring (bicyclic) bond motifs is 1. The molecule has 0 radical (unpaired) electrons. The third-order valence-corrected chi connectivity index (χ3v) is 3.35. The van der Waals surface area contributed by atoms with Gasteiger partial charge in [-0.05, 0) is 43.0 Å². The monoisotopic (exact) mass is 248 g/mol. The molecular weight excluding hydrogens is 228 g/mol. The van der Waals surface area contributed by atoms with Gasteiger partial charge in [0, 0.05) is 30.9 Å². The van der Waals surface area contributed by atoms with Crippen LogP contribution in [0.3, 0.4) is 0 Å². The van der Waals surface area contributed by atoms with Crippen molar-refractivity contribution in [3.8, 4) is 0 Å². The zero-order chi connectivity index (χ0) is 13.0. The fourth-order valence-electron chi connectivity index (χ4n) is 2.44. The number of methoxy groups -OCH3 is 1. The van der Waals surface area contributed by atoms with Gasteiger partial charge in [-0.2, -0.15) is 0 Å². The summed E-state index contributed by atoms with van der Waals surface area (Å²) in [5.74, 6) is -0.135. The molecule has 4 heteroatoms. The number of aryl methyl sites for hydroxylation is 1. The van der Waals surface area contributed by atoms with Gasteiger partial charge >= 0.3 is 5.97 Å². The molecule has 2 rings (SSSR count). The summed E-state index contributed by atoms with van der Waals surface area (Å²) in [6.07, 6.45) is 3.55. The van der Waals surface area contributed by atoms with Crippen molar-refractivity contribution in [3.05, 3.63) is 23.8 Å². The predicted molar refractivity (Wildman–Crippen MR) is 72.6 cm³/mol. The van der Waals surface area contributed by atoms with Crippen LogP contribution in [-0.4, -0.2) is 26.2 Å². The highest BCUT2D eigenvalue weighted by Crippen LogP contribution is 2.28. The standard InChI is InChI=1S/C14H20N2O2/c1-18-14(17)5-3-9-16-8-2-4-11-10-12(15)6-7-13(11)16/h6-7,10H,2-5,8-9,15H2,1H3. The Balaban J connectivity index is 1.97. The molecule has 18 heavy (non-hydrogen) atoms. The first kappa shape index (κ1) is 12.7. The van der Waals surface area contributed by atoms with Gasteiger partial charge in [0.1, 0.15) is 0 Å². The van der Waals surface area contributed by atoms with Crippen LogP contribution in [0.5, 0.6) is 0 Å². The maximum atomic E-state index is 11.1. The normalized spacial score (nSPS) is 14.2. The number of ether oxygens (including phenoxy) is 1. The molecule has 4 nitrogen and oxygen atoms in total. The first-order valence-electron chi connectivity index (χ1n) is 6.41. The largest absolute Gasteiger partial charge is 0.469 e. The molecule has 0 saturated heterocycles. The number of anilines is 2. The highest BCUT2D eigenvalue weighted by Gasteiger charge is 2.16. The molecule has 1 aliphatic heterocycles. The smallest absolute Gasteiger partial charge is 0.305 e. The Labute approximate surface area is 108 Å². The Hall–Kier alpha value is -1.71. The Morgan fingerprint density at radius 1 is 1.50 bits per heavy atom. The number of carbonyl (C=O) groups is 1. The summed E-state index contributed by atoms with van der Waals surface area (Å²) in [6, 6.07) is 6.08. The number of nitrogen functional groups attached to an aromatic ring is 1. The summed E-state index contributed by atoms with van der Waals surface area (Å²) in [5, 5.41) is 0. The van der Waals surface area contributed by atoms with Gasteiger partial charge in [-0.15, -0.1) is 0 Å². The summed E-state index contributed by atoms with van der Waals surface area (Å²) in [6.45, 7) is 1.95. The first-order chi connectivity index (χ1) is 8.70. The van der Waals surface area contributed by atoms with Gasteiger partial charge < -0.3 is 15.4 Å². The molecule has 1 aromatic rings. The summed E-state index contributed by atoms with van der Waals surface area (Å²) < 4.78 is 4.65. The molecule has 0 aliphatic carbocycles. The zero-order valence-electron chi connectivity index (χ0n) is 10.8. The number of esters is 1. The second-order valence-corrected chi connectivity index (χ2v) is 4.66. The fourth-order valence-corrected chi connectivity index (χ4v) is 2.44. The van der Waals surface area contributed by atoms with Gasteiger partial charge in [0.2, 0.25) is 0 Å². The second kappa shape index (κ2) is 5.76. The average molecular weight is 248 g/mol. The highest BCUT2D eigenvalue weighted by atomic mass is 16.5. The molecule has 0 fully saturated rings. The molecule has 98 valence electrons. The molecular formula is C14H20N2O2. The van der Waals surface area contributed by atoms with Crippen molar-refractivity contribution in [2.24, 2.45) is 0 Å². The van der Waals surface area contributed by atoms with Gasteiger partial charge in [-0.25, -0.2) is 0 Å². The summed E-state index contributed by atoms with van der Waals surface area (Å²) >= 11 is 0. The van der Waals surface area contributed by atoms with E-state index in [1.807, 2.05) is 6.07 Å². The molecule has 0 saturated carbocycles. The number of carbonyl (C=O) groups excluding carboxylic acids is 1. The number of hydrogen-bond acceptors (Lipinski definition) is 4. The number of nitrogens with zero attached hydrogens (tertiary/aromatic N) is 1. The molecule has 0 aromatic heterocycles. The quantitative estimate of drug-likeness (QED) is 0.654. The SMILES string of the molecule is COC(=O)CCCN1CCCc2cc(N)ccc21. The van der Waals surface area contributed by atoms with E-state index < -0.39 is 0 Å². The summed E-state index contributed by atoms with van der Waals surface area (Å²) in [5.41, 5.74) is 9.21. The van der Waals surface area contributed by atoms with Gasteiger partial charge in [-0.1, -0.05) is 0 Å². The summed E-state index contributed by atoms with van der Waals surface area (Å²) in [4.78, 5) is 13.4. The Kier molecular flexibility index (Phi) is 4.07. The van der Waals surface area contributed by atoms with E-state index in [0.29, 0.717) is 6.42 Å². The van der Waals surface area contributed by atoms with E-state index in [1.165, 1.54) is 18.4 Å². The van der Waals surface area contributed by atoms with Crippen molar-refractivity contribution >= 4 is 17.3 Å². The lowest BCUT2D eigenvalue weighted by Gasteiger charge is -2.31. The molecule has 1 heterocycles. The lowest BCUT2D eigenvalue weighted by atomic mass is 10.0. The van der Waals surface area contributed by atoms with Gasteiger partial charge in [0.25, 0.3) is 0 Å². The van der Waals surface area contributed by atoms with E-state index in [1.54, 1.807) is 0 Å². The predicted octanol–water partition coefficient (Wildman–Crippen LogP) is 1.97. The van der Waals surface area contributed by atoms with Crippen LogP contribution in [0.15, 0.2) is 18.2 Å². The molecule has 2 N–H and O–H groups in total. The topological polar surface area (TPSA) is 55.6 Å². The van der Waals surface area contributed by atoms with Crippen molar-refractivity contribution in [2.75, 3.05) is 30.8 Å².